The third-order valence-corrected chi connectivity index (χ3v) is 7.85. The highest BCUT2D eigenvalue weighted by atomic mass is 32.2. The Hall–Kier alpha value is -1.74. The highest BCUT2D eigenvalue weighted by molar-refractivity contribution is 8.02. The molecule has 6 nitrogen and oxygen atoms in total. The molecule has 1 aromatic heterocycles. The number of aryl methyl sites for hydroxylation is 1. The Balaban J connectivity index is 2.56. The van der Waals surface area contributed by atoms with Gasteiger partial charge in [-0.3, -0.25) is 9.59 Å². The maximum absolute atomic E-state index is 12.2. The van der Waals surface area contributed by atoms with Crippen LogP contribution in [0.5, 0.6) is 0 Å². The van der Waals surface area contributed by atoms with Crippen LogP contribution >= 0.6 is 23.1 Å². The van der Waals surface area contributed by atoms with Gasteiger partial charge in [0.05, 0.1) is 27.7 Å². The third-order valence-electron chi connectivity index (χ3n) is 5.59. The number of thioether (sulfide) groups is 1. The van der Waals surface area contributed by atoms with E-state index in [2.05, 4.69) is 4.98 Å². The Kier molecular flexibility index (Phi) is 12.4. The van der Waals surface area contributed by atoms with Crippen molar-refractivity contribution in [3.63, 3.8) is 0 Å². The Morgan fingerprint density at radius 3 is 2.44 bits per heavy atom. The lowest BCUT2D eigenvalue weighted by Crippen LogP contribution is -2.36. The Morgan fingerprint density at radius 1 is 1.24 bits per heavy atom. The molecule has 1 aromatic rings. The predicted octanol–water partition coefficient (Wildman–Crippen LogP) is 5.44. The van der Waals surface area contributed by atoms with Gasteiger partial charge in [-0.15, -0.1) is 23.1 Å². The molecule has 0 saturated heterocycles. The van der Waals surface area contributed by atoms with E-state index in [1.807, 2.05) is 64.3 Å². The fourth-order valence-electron chi connectivity index (χ4n) is 3.32. The summed E-state index contributed by atoms with van der Waals surface area (Å²) in [6, 6.07) is 0. The number of allylic oxidation sites excluding steroid dienone is 2. The topological polar surface area (TPSA) is 108 Å². The van der Waals surface area contributed by atoms with Crippen LogP contribution in [-0.4, -0.2) is 54.3 Å². The molecule has 8 heteroatoms. The molecule has 0 saturated carbocycles. The molecule has 1 heterocycles. The standard InChI is InChI=1S/C26H39NO5S2/c1-16(11-12-22(28)18(3)13-21-15-33-20(5)27-21)9-8-10-17(2)25(32)19(4)34-26(6,7)23(29)14-24(30)31/h8,10-11,13,15,17,19,22,25,28,32H,9,12,14H2,1-7H3,(H,30,31)/b10-8-,16-11-,18-13+/t17-,19+,22-,25-/m0/s1. The van der Waals surface area contributed by atoms with E-state index in [1.165, 1.54) is 11.8 Å². The van der Waals surface area contributed by atoms with Gasteiger partial charge in [-0.1, -0.05) is 37.6 Å². The number of aliphatic hydroxyl groups is 2. The van der Waals surface area contributed by atoms with Crippen molar-refractivity contribution in [2.75, 3.05) is 0 Å². The van der Waals surface area contributed by atoms with Crippen molar-refractivity contribution >= 4 is 40.9 Å². The van der Waals surface area contributed by atoms with Gasteiger partial charge in [-0.2, -0.15) is 0 Å². The molecule has 34 heavy (non-hydrogen) atoms. The normalized spacial score (nSPS) is 17.0. The van der Waals surface area contributed by atoms with Crippen LogP contribution in [0.4, 0.5) is 0 Å². The van der Waals surface area contributed by atoms with Gasteiger partial charge in [0, 0.05) is 16.5 Å². The van der Waals surface area contributed by atoms with E-state index in [-0.39, 0.29) is 17.0 Å². The Bertz CT molecular complexity index is 916. The maximum Gasteiger partial charge on any atom is 0.310 e. The fourth-order valence-corrected chi connectivity index (χ4v) is 5.41. The second-order valence-electron chi connectivity index (χ2n) is 9.29. The average molecular weight is 510 g/mol. The zero-order valence-electron chi connectivity index (χ0n) is 21.2. The van der Waals surface area contributed by atoms with E-state index < -0.39 is 29.3 Å². The van der Waals surface area contributed by atoms with Crippen LogP contribution in [0.1, 0.15) is 71.5 Å². The number of Topliss-reactive ketones (excluding diaryl/α,β-unsaturated/α-hetero) is 1. The Labute approximate surface area is 211 Å². The molecule has 1 rings (SSSR count). The lowest BCUT2D eigenvalue weighted by Gasteiger charge is -2.30. The second-order valence-corrected chi connectivity index (χ2v) is 12.4. The number of aliphatic hydroxyl groups excluding tert-OH is 2. The van der Waals surface area contributed by atoms with E-state index >= 15 is 0 Å². The number of hydrogen-bond donors (Lipinski definition) is 3. The van der Waals surface area contributed by atoms with Crippen molar-refractivity contribution in [2.45, 2.75) is 89.9 Å². The molecule has 0 aliphatic heterocycles. The number of carboxylic acids is 1. The van der Waals surface area contributed by atoms with Gasteiger partial charge in [0.15, 0.2) is 5.78 Å². The molecule has 190 valence electrons. The summed E-state index contributed by atoms with van der Waals surface area (Å²) in [6.07, 6.45) is 7.38. The van der Waals surface area contributed by atoms with Crippen molar-refractivity contribution in [1.29, 1.82) is 0 Å². The number of thiazole rings is 1. The summed E-state index contributed by atoms with van der Waals surface area (Å²) in [4.78, 5) is 27.4. The molecule has 0 radical (unpaired) electrons. The molecule has 0 spiro atoms. The van der Waals surface area contributed by atoms with Crippen molar-refractivity contribution in [3.8, 4) is 0 Å². The number of ketones is 1. The van der Waals surface area contributed by atoms with Gasteiger partial charge in [-0.05, 0) is 59.1 Å². The number of nitrogens with zero attached hydrogens (tertiary/aromatic N) is 1. The number of carbonyl (C=O) groups excluding carboxylic acids is 1. The van der Waals surface area contributed by atoms with Crippen molar-refractivity contribution < 1.29 is 24.9 Å². The molecular formula is C26H39NO5S2. The van der Waals surface area contributed by atoms with Gasteiger partial charge < -0.3 is 15.3 Å². The minimum absolute atomic E-state index is 0.127. The third kappa shape index (κ3) is 10.7. The monoisotopic (exact) mass is 509 g/mol. The molecular weight excluding hydrogens is 470 g/mol. The Morgan fingerprint density at radius 2 is 1.88 bits per heavy atom. The van der Waals surface area contributed by atoms with Gasteiger partial charge in [-0.25, -0.2) is 4.98 Å². The summed E-state index contributed by atoms with van der Waals surface area (Å²) in [5.41, 5.74) is 2.87. The summed E-state index contributed by atoms with van der Waals surface area (Å²) >= 11 is 2.88. The van der Waals surface area contributed by atoms with E-state index in [4.69, 9.17) is 5.11 Å². The first-order valence-electron chi connectivity index (χ1n) is 11.4. The molecule has 4 atom stereocenters. The van der Waals surface area contributed by atoms with Crippen LogP contribution in [0.2, 0.25) is 0 Å². The van der Waals surface area contributed by atoms with Crippen LogP contribution in [-0.2, 0) is 9.59 Å². The molecule has 3 N–H and O–H groups in total. The van der Waals surface area contributed by atoms with Crippen LogP contribution in [0.25, 0.3) is 6.08 Å². The number of rotatable bonds is 14. The summed E-state index contributed by atoms with van der Waals surface area (Å²) in [6.45, 7) is 13.0. The summed E-state index contributed by atoms with van der Waals surface area (Å²) < 4.78 is -0.882. The molecule has 0 unspecified atom stereocenters. The molecule has 0 amide bonds. The van der Waals surface area contributed by atoms with Gasteiger partial charge in [0.1, 0.15) is 6.42 Å². The minimum Gasteiger partial charge on any atom is -0.481 e. The first-order chi connectivity index (χ1) is 15.7. The number of carboxylic acid groups (broad SMARTS) is 1. The van der Waals surface area contributed by atoms with Crippen molar-refractivity contribution in [3.05, 3.63) is 45.5 Å². The first kappa shape index (κ1) is 30.3. The smallest absolute Gasteiger partial charge is 0.310 e. The summed E-state index contributed by atoms with van der Waals surface area (Å²) in [5, 5.41) is 32.7. The number of aromatic nitrogens is 1. The van der Waals surface area contributed by atoms with Crippen molar-refractivity contribution in [2.24, 2.45) is 5.92 Å². The quantitative estimate of drug-likeness (QED) is 0.226. The van der Waals surface area contributed by atoms with E-state index in [0.29, 0.717) is 12.8 Å². The zero-order chi connectivity index (χ0) is 26.1. The lowest BCUT2D eigenvalue weighted by atomic mass is 10.00. The van der Waals surface area contributed by atoms with E-state index in [9.17, 15) is 19.8 Å². The van der Waals surface area contributed by atoms with Crippen molar-refractivity contribution in [1.82, 2.24) is 4.98 Å². The van der Waals surface area contributed by atoms with Crippen LogP contribution in [0.15, 0.2) is 34.8 Å². The lowest BCUT2D eigenvalue weighted by molar-refractivity contribution is -0.140. The van der Waals surface area contributed by atoms with Crippen LogP contribution in [0, 0.1) is 12.8 Å². The first-order valence-corrected chi connectivity index (χ1v) is 13.2. The van der Waals surface area contributed by atoms with Gasteiger partial charge in [0.2, 0.25) is 0 Å². The maximum atomic E-state index is 12.2. The molecule has 0 aliphatic rings. The highest BCUT2D eigenvalue weighted by Crippen LogP contribution is 2.34. The largest absolute Gasteiger partial charge is 0.481 e. The van der Waals surface area contributed by atoms with E-state index in [0.717, 1.165) is 21.8 Å². The van der Waals surface area contributed by atoms with Crippen LogP contribution < -0.4 is 0 Å². The van der Waals surface area contributed by atoms with Gasteiger partial charge >= 0.3 is 5.97 Å². The highest BCUT2D eigenvalue weighted by Gasteiger charge is 2.34. The number of aliphatic carboxylic acids is 1. The SMILES string of the molecule is C/C(=C/C[C@H](O)/C(C)=C/c1csc(C)n1)C/C=C\[C@H](C)[C@H](O)[C@@H](C)SC(C)(C)C(=O)CC(=O)O. The zero-order valence-corrected chi connectivity index (χ0v) is 22.9. The molecule has 0 bridgehead atoms. The van der Waals surface area contributed by atoms with Gasteiger partial charge in [0.25, 0.3) is 0 Å². The number of hydrogen-bond acceptors (Lipinski definition) is 7. The average Bonchev–Trinajstić information content (AvgIpc) is 3.14. The molecule has 0 aliphatic carbocycles. The van der Waals surface area contributed by atoms with Crippen LogP contribution in [0.3, 0.4) is 0 Å². The molecule has 0 aromatic carbocycles. The summed E-state index contributed by atoms with van der Waals surface area (Å²) in [5.74, 6) is -1.63. The number of carbonyl (C=O) groups is 2. The van der Waals surface area contributed by atoms with E-state index in [1.54, 1.807) is 25.2 Å². The minimum atomic E-state index is -1.14. The second kappa shape index (κ2) is 14.0. The fraction of sp³-hybridized carbons (Fsp3) is 0.577. The predicted molar refractivity (Wildman–Crippen MR) is 142 cm³/mol. The summed E-state index contributed by atoms with van der Waals surface area (Å²) in [7, 11) is 0. The molecule has 0 fully saturated rings.